The summed E-state index contributed by atoms with van der Waals surface area (Å²) in [4.78, 5) is 28.1. The number of anilines is 2. The van der Waals surface area contributed by atoms with Crippen molar-refractivity contribution in [2.45, 2.75) is 12.0 Å². The second kappa shape index (κ2) is 6.18. The summed E-state index contributed by atoms with van der Waals surface area (Å²) in [6.45, 7) is 3.82. The van der Waals surface area contributed by atoms with Gasteiger partial charge in [0.05, 0.1) is 5.69 Å². The van der Waals surface area contributed by atoms with Gasteiger partial charge >= 0.3 is 0 Å². The highest BCUT2D eigenvalue weighted by Crippen LogP contribution is 2.42. The predicted octanol–water partition coefficient (Wildman–Crippen LogP) is 2.46. The van der Waals surface area contributed by atoms with Crippen LogP contribution in [-0.2, 0) is 15.2 Å². The molecular formula is C20H20N2O3. The van der Waals surface area contributed by atoms with Gasteiger partial charge < -0.3 is 14.9 Å². The summed E-state index contributed by atoms with van der Waals surface area (Å²) in [5.41, 5.74) is 0.268. The minimum absolute atomic E-state index is 0.150. The van der Waals surface area contributed by atoms with E-state index in [1.165, 1.54) is 9.80 Å². The molecule has 0 aromatic heterocycles. The van der Waals surface area contributed by atoms with E-state index in [1.807, 2.05) is 30.3 Å². The molecule has 1 atom stereocenters. The molecule has 0 unspecified atom stereocenters. The normalized spacial score (nSPS) is 18.8. The molecule has 128 valence electrons. The number of hydrogen-bond acceptors (Lipinski definition) is 3. The number of carbonyl (C=O) groups is 2. The molecule has 1 aliphatic rings. The maximum absolute atomic E-state index is 12.7. The lowest BCUT2D eigenvalue weighted by atomic mass is 9.88. The van der Waals surface area contributed by atoms with Crippen molar-refractivity contribution in [3.05, 3.63) is 72.3 Å². The van der Waals surface area contributed by atoms with Crippen molar-refractivity contribution in [2.24, 2.45) is 0 Å². The van der Waals surface area contributed by atoms with E-state index >= 15 is 0 Å². The zero-order chi connectivity index (χ0) is 18.2. The van der Waals surface area contributed by atoms with Gasteiger partial charge in [-0.2, -0.15) is 0 Å². The van der Waals surface area contributed by atoms with E-state index in [-0.39, 0.29) is 17.9 Å². The van der Waals surface area contributed by atoms with Gasteiger partial charge in [0.25, 0.3) is 11.8 Å². The van der Waals surface area contributed by atoms with Crippen molar-refractivity contribution in [3.8, 4) is 0 Å². The van der Waals surface area contributed by atoms with Crippen LogP contribution in [0.15, 0.2) is 66.7 Å². The molecule has 0 bridgehead atoms. The Labute approximate surface area is 146 Å². The van der Waals surface area contributed by atoms with Gasteiger partial charge in [-0.25, -0.2) is 0 Å². The highest BCUT2D eigenvalue weighted by atomic mass is 16.3. The number of carbonyl (C=O) groups excluding carboxylic acids is 2. The standard InChI is InChI=1S/C20H20N2O3/c1-14(18(23)21(2)15-9-5-4-6-10-15)13-20(25)16-11-7-8-12-17(16)22(3)19(20)24/h4-12,25H,1,13H2,2-3H3/t20-/m0/s1. The van der Waals surface area contributed by atoms with Crippen LogP contribution in [0, 0.1) is 0 Å². The molecule has 0 radical (unpaired) electrons. The van der Waals surface area contributed by atoms with Gasteiger partial charge in [-0.1, -0.05) is 43.0 Å². The van der Waals surface area contributed by atoms with E-state index in [2.05, 4.69) is 6.58 Å². The monoisotopic (exact) mass is 336 g/mol. The van der Waals surface area contributed by atoms with Crippen molar-refractivity contribution in [3.63, 3.8) is 0 Å². The molecule has 5 nitrogen and oxygen atoms in total. The van der Waals surface area contributed by atoms with E-state index < -0.39 is 11.5 Å². The van der Waals surface area contributed by atoms with Crippen LogP contribution in [0.4, 0.5) is 11.4 Å². The van der Waals surface area contributed by atoms with Gasteiger partial charge in [0, 0.05) is 37.3 Å². The molecule has 1 heterocycles. The molecule has 5 heteroatoms. The van der Waals surface area contributed by atoms with Crippen molar-refractivity contribution in [2.75, 3.05) is 23.9 Å². The minimum atomic E-state index is -1.77. The van der Waals surface area contributed by atoms with E-state index in [9.17, 15) is 14.7 Å². The van der Waals surface area contributed by atoms with Gasteiger partial charge in [0.2, 0.25) is 0 Å². The number of rotatable bonds is 4. The first-order valence-electron chi connectivity index (χ1n) is 7.97. The summed E-state index contributed by atoms with van der Waals surface area (Å²) in [5.74, 6) is -0.788. The Hall–Kier alpha value is -2.92. The Morgan fingerprint density at radius 1 is 1.16 bits per heavy atom. The fraction of sp³-hybridized carbons (Fsp3) is 0.200. The molecule has 0 saturated carbocycles. The van der Waals surface area contributed by atoms with Crippen molar-refractivity contribution < 1.29 is 14.7 Å². The van der Waals surface area contributed by atoms with Crippen LogP contribution < -0.4 is 9.80 Å². The molecule has 2 amide bonds. The third kappa shape index (κ3) is 2.72. The van der Waals surface area contributed by atoms with Gasteiger partial charge in [0.1, 0.15) is 0 Å². The third-order valence-corrected chi connectivity index (χ3v) is 4.59. The molecule has 2 aromatic carbocycles. The number of para-hydroxylation sites is 2. The van der Waals surface area contributed by atoms with Gasteiger partial charge in [0.15, 0.2) is 5.60 Å². The summed E-state index contributed by atoms with van der Waals surface area (Å²) in [7, 11) is 3.25. The molecule has 0 aliphatic carbocycles. The van der Waals surface area contributed by atoms with E-state index in [0.717, 1.165) is 5.69 Å². The average molecular weight is 336 g/mol. The lowest BCUT2D eigenvalue weighted by Crippen LogP contribution is -2.40. The maximum atomic E-state index is 12.7. The molecule has 0 spiro atoms. The predicted molar refractivity (Wildman–Crippen MR) is 97.4 cm³/mol. The number of amides is 2. The van der Waals surface area contributed by atoms with E-state index in [4.69, 9.17) is 0 Å². The van der Waals surface area contributed by atoms with Gasteiger partial charge in [-0.3, -0.25) is 9.59 Å². The van der Waals surface area contributed by atoms with Gasteiger partial charge in [-0.15, -0.1) is 0 Å². The quantitative estimate of drug-likeness (QED) is 0.873. The zero-order valence-corrected chi connectivity index (χ0v) is 14.3. The number of nitrogens with zero attached hydrogens (tertiary/aromatic N) is 2. The van der Waals surface area contributed by atoms with Crippen LogP contribution in [0.1, 0.15) is 12.0 Å². The number of benzene rings is 2. The largest absolute Gasteiger partial charge is 0.375 e. The van der Waals surface area contributed by atoms with Crippen LogP contribution in [0.3, 0.4) is 0 Å². The topological polar surface area (TPSA) is 60.9 Å². The number of hydrogen-bond donors (Lipinski definition) is 1. The summed E-state index contributed by atoms with van der Waals surface area (Å²) < 4.78 is 0. The van der Waals surface area contributed by atoms with Crippen molar-refractivity contribution >= 4 is 23.2 Å². The van der Waals surface area contributed by atoms with E-state index in [1.54, 1.807) is 38.4 Å². The molecule has 3 rings (SSSR count). The first-order valence-corrected chi connectivity index (χ1v) is 7.97. The third-order valence-electron chi connectivity index (χ3n) is 4.59. The maximum Gasteiger partial charge on any atom is 0.263 e. The minimum Gasteiger partial charge on any atom is -0.375 e. The summed E-state index contributed by atoms with van der Waals surface area (Å²) >= 11 is 0. The lowest BCUT2D eigenvalue weighted by molar-refractivity contribution is -0.136. The Bertz CT molecular complexity index is 847. The first-order chi connectivity index (χ1) is 11.9. The molecule has 0 fully saturated rings. The van der Waals surface area contributed by atoms with Crippen LogP contribution in [0.5, 0.6) is 0 Å². The average Bonchev–Trinajstić information content (AvgIpc) is 2.83. The summed E-state index contributed by atoms with van der Waals surface area (Å²) in [5, 5.41) is 11.0. The molecule has 0 saturated heterocycles. The second-order valence-electron chi connectivity index (χ2n) is 6.22. The first kappa shape index (κ1) is 16.9. The molecule has 25 heavy (non-hydrogen) atoms. The molecular weight excluding hydrogens is 316 g/mol. The Kier molecular flexibility index (Phi) is 4.18. The SMILES string of the molecule is C=C(C[C@@]1(O)C(=O)N(C)c2ccccc21)C(=O)N(C)c1ccccc1. The molecule has 2 aromatic rings. The van der Waals surface area contributed by atoms with Crippen molar-refractivity contribution in [1.82, 2.24) is 0 Å². The molecule has 1 N–H and O–H groups in total. The fourth-order valence-electron chi connectivity index (χ4n) is 3.18. The van der Waals surface area contributed by atoms with Crippen LogP contribution in [0.2, 0.25) is 0 Å². The van der Waals surface area contributed by atoms with Crippen LogP contribution >= 0.6 is 0 Å². The fourth-order valence-corrected chi connectivity index (χ4v) is 3.18. The smallest absolute Gasteiger partial charge is 0.263 e. The Morgan fingerprint density at radius 3 is 2.44 bits per heavy atom. The second-order valence-corrected chi connectivity index (χ2v) is 6.22. The zero-order valence-electron chi connectivity index (χ0n) is 14.3. The Morgan fingerprint density at radius 2 is 1.76 bits per heavy atom. The molecule has 1 aliphatic heterocycles. The lowest BCUT2D eigenvalue weighted by Gasteiger charge is -2.25. The van der Waals surface area contributed by atoms with Gasteiger partial charge in [-0.05, 0) is 18.2 Å². The van der Waals surface area contributed by atoms with Crippen LogP contribution in [0.25, 0.3) is 0 Å². The number of aliphatic hydroxyl groups is 1. The summed E-state index contributed by atoms with van der Waals surface area (Å²) in [6, 6.07) is 16.2. The highest BCUT2D eigenvalue weighted by molar-refractivity contribution is 6.09. The van der Waals surface area contributed by atoms with Crippen LogP contribution in [-0.4, -0.2) is 31.0 Å². The Balaban J connectivity index is 1.85. The van der Waals surface area contributed by atoms with E-state index in [0.29, 0.717) is 11.3 Å². The highest BCUT2D eigenvalue weighted by Gasteiger charge is 2.49. The number of fused-ring (bicyclic) bond motifs is 1. The number of likely N-dealkylation sites (N-methyl/N-ethyl adjacent to an activating group) is 2. The summed E-state index contributed by atoms with van der Waals surface area (Å²) in [6.07, 6.45) is -0.150. The van der Waals surface area contributed by atoms with Crippen molar-refractivity contribution in [1.29, 1.82) is 0 Å².